The Bertz CT molecular complexity index is 649. The fourth-order valence-electron chi connectivity index (χ4n) is 2.48. The van der Waals surface area contributed by atoms with Gasteiger partial charge in [0.1, 0.15) is 5.75 Å². The first-order chi connectivity index (χ1) is 11.4. The maximum absolute atomic E-state index is 11.6. The highest BCUT2D eigenvalue weighted by molar-refractivity contribution is 5.77. The van der Waals surface area contributed by atoms with Gasteiger partial charge in [-0.3, -0.25) is 9.48 Å². The van der Waals surface area contributed by atoms with Crippen molar-refractivity contribution in [1.82, 2.24) is 15.1 Å². The van der Waals surface area contributed by atoms with Gasteiger partial charge in [0.05, 0.1) is 18.2 Å². The Morgan fingerprint density at radius 3 is 2.54 bits per heavy atom. The van der Waals surface area contributed by atoms with Crippen molar-refractivity contribution < 1.29 is 9.53 Å². The Labute approximate surface area is 143 Å². The van der Waals surface area contributed by atoms with Crippen LogP contribution in [-0.2, 0) is 24.8 Å². The predicted octanol–water partition coefficient (Wildman–Crippen LogP) is 1.64. The molecule has 0 aliphatic heterocycles. The third-order valence-corrected chi connectivity index (χ3v) is 3.66. The maximum atomic E-state index is 11.6. The number of carbonyl (C=O) groups is 1. The Hall–Kier alpha value is -2.34. The van der Waals surface area contributed by atoms with Gasteiger partial charge in [-0.1, -0.05) is 12.1 Å². The van der Waals surface area contributed by atoms with E-state index in [1.54, 1.807) is 10.9 Å². The van der Waals surface area contributed by atoms with E-state index in [1.807, 2.05) is 51.4 Å². The number of nitrogens with zero attached hydrogens (tertiary/aromatic N) is 2. The molecule has 6 heteroatoms. The Balaban J connectivity index is 1.83. The van der Waals surface area contributed by atoms with Gasteiger partial charge in [-0.25, -0.2) is 0 Å². The van der Waals surface area contributed by atoms with E-state index in [4.69, 9.17) is 10.5 Å². The SMILES string of the molecule is CC(C)Oc1ccc(CNCC(Cc2cnn(C)c2)C(N)=O)cc1. The summed E-state index contributed by atoms with van der Waals surface area (Å²) in [5.74, 6) is 0.310. The van der Waals surface area contributed by atoms with E-state index < -0.39 is 0 Å². The molecule has 6 nitrogen and oxygen atoms in total. The number of nitrogens with two attached hydrogens (primary N) is 1. The molecular formula is C18H26N4O2. The number of aromatic nitrogens is 2. The van der Waals surface area contributed by atoms with Crippen LogP contribution >= 0.6 is 0 Å². The zero-order valence-corrected chi connectivity index (χ0v) is 14.5. The number of hydrogen-bond donors (Lipinski definition) is 2. The second-order valence-corrected chi connectivity index (χ2v) is 6.27. The molecule has 130 valence electrons. The van der Waals surface area contributed by atoms with Crippen LogP contribution in [0.25, 0.3) is 0 Å². The molecule has 1 atom stereocenters. The summed E-state index contributed by atoms with van der Waals surface area (Å²) in [4.78, 5) is 11.6. The summed E-state index contributed by atoms with van der Waals surface area (Å²) < 4.78 is 7.35. The van der Waals surface area contributed by atoms with Gasteiger partial charge in [-0.2, -0.15) is 5.10 Å². The molecule has 0 saturated heterocycles. The van der Waals surface area contributed by atoms with Crippen molar-refractivity contribution in [3.8, 4) is 5.75 Å². The number of benzene rings is 1. The summed E-state index contributed by atoms with van der Waals surface area (Å²) in [5, 5.41) is 7.42. The number of amides is 1. The van der Waals surface area contributed by atoms with Crippen LogP contribution in [-0.4, -0.2) is 28.3 Å². The quantitative estimate of drug-likeness (QED) is 0.732. The molecule has 0 bridgehead atoms. The molecule has 0 aliphatic carbocycles. The monoisotopic (exact) mass is 330 g/mol. The van der Waals surface area contributed by atoms with Crippen LogP contribution < -0.4 is 15.8 Å². The third-order valence-electron chi connectivity index (χ3n) is 3.66. The highest BCUT2D eigenvalue weighted by Gasteiger charge is 2.16. The molecule has 2 rings (SSSR count). The zero-order chi connectivity index (χ0) is 17.5. The first kappa shape index (κ1) is 18.0. The lowest BCUT2D eigenvalue weighted by atomic mass is 10.0. The summed E-state index contributed by atoms with van der Waals surface area (Å²) in [6.45, 7) is 5.22. The van der Waals surface area contributed by atoms with Crippen LogP contribution in [0.5, 0.6) is 5.75 Å². The van der Waals surface area contributed by atoms with Crippen molar-refractivity contribution in [2.24, 2.45) is 18.7 Å². The number of aryl methyl sites for hydroxylation is 1. The van der Waals surface area contributed by atoms with Crippen LogP contribution in [0, 0.1) is 5.92 Å². The minimum Gasteiger partial charge on any atom is -0.491 e. The van der Waals surface area contributed by atoms with Crippen LogP contribution in [0.15, 0.2) is 36.7 Å². The van der Waals surface area contributed by atoms with Crippen molar-refractivity contribution in [3.05, 3.63) is 47.8 Å². The van der Waals surface area contributed by atoms with Gasteiger partial charge in [0, 0.05) is 26.3 Å². The van der Waals surface area contributed by atoms with E-state index in [-0.39, 0.29) is 17.9 Å². The molecule has 1 heterocycles. The van der Waals surface area contributed by atoms with Gasteiger partial charge in [-0.05, 0) is 43.5 Å². The molecule has 24 heavy (non-hydrogen) atoms. The Morgan fingerprint density at radius 2 is 2.00 bits per heavy atom. The summed E-state index contributed by atoms with van der Waals surface area (Å²) in [7, 11) is 1.85. The van der Waals surface area contributed by atoms with E-state index in [2.05, 4.69) is 10.4 Å². The van der Waals surface area contributed by atoms with E-state index in [0.717, 1.165) is 16.9 Å². The molecule has 0 spiro atoms. The van der Waals surface area contributed by atoms with Crippen molar-refractivity contribution in [1.29, 1.82) is 0 Å². The lowest BCUT2D eigenvalue weighted by Gasteiger charge is -2.14. The molecule has 1 aromatic heterocycles. The third kappa shape index (κ3) is 5.70. The fraction of sp³-hybridized carbons (Fsp3) is 0.444. The summed E-state index contributed by atoms with van der Waals surface area (Å²) >= 11 is 0. The minimum absolute atomic E-state index is 0.165. The van der Waals surface area contributed by atoms with Crippen LogP contribution in [0.3, 0.4) is 0 Å². The van der Waals surface area contributed by atoms with Crippen LogP contribution in [0.1, 0.15) is 25.0 Å². The lowest BCUT2D eigenvalue weighted by molar-refractivity contribution is -0.121. The van der Waals surface area contributed by atoms with E-state index >= 15 is 0 Å². The molecule has 1 amide bonds. The number of nitrogens with one attached hydrogen (secondary N) is 1. The van der Waals surface area contributed by atoms with Gasteiger partial charge >= 0.3 is 0 Å². The molecule has 2 aromatic rings. The zero-order valence-electron chi connectivity index (χ0n) is 14.5. The standard InChI is InChI=1S/C18H26N4O2/c1-13(2)24-17-6-4-14(5-7-17)9-20-11-16(18(19)23)8-15-10-21-22(3)12-15/h4-7,10,12-13,16,20H,8-9,11H2,1-3H3,(H2,19,23). The van der Waals surface area contributed by atoms with Gasteiger partial charge in [-0.15, -0.1) is 0 Å². The van der Waals surface area contributed by atoms with Crippen molar-refractivity contribution in [3.63, 3.8) is 0 Å². The number of hydrogen-bond acceptors (Lipinski definition) is 4. The second-order valence-electron chi connectivity index (χ2n) is 6.27. The number of carbonyl (C=O) groups excluding carboxylic acids is 1. The molecule has 0 saturated carbocycles. The highest BCUT2D eigenvalue weighted by atomic mass is 16.5. The van der Waals surface area contributed by atoms with E-state index in [1.165, 1.54) is 0 Å². The molecule has 0 aliphatic rings. The Morgan fingerprint density at radius 1 is 1.29 bits per heavy atom. The lowest BCUT2D eigenvalue weighted by Crippen LogP contribution is -2.34. The summed E-state index contributed by atoms with van der Waals surface area (Å²) in [6, 6.07) is 7.95. The highest BCUT2D eigenvalue weighted by Crippen LogP contribution is 2.14. The van der Waals surface area contributed by atoms with E-state index in [9.17, 15) is 4.79 Å². The molecule has 1 unspecified atom stereocenters. The minimum atomic E-state index is -0.299. The van der Waals surface area contributed by atoms with Crippen molar-refractivity contribution >= 4 is 5.91 Å². The Kier molecular flexibility index (Phi) is 6.37. The number of primary amides is 1. The second kappa shape index (κ2) is 8.49. The molecule has 1 aromatic carbocycles. The first-order valence-electron chi connectivity index (χ1n) is 8.17. The average molecular weight is 330 g/mol. The molecule has 0 fully saturated rings. The summed E-state index contributed by atoms with van der Waals surface area (Å²) in [5.41, 5.74) is 7.66. The first-order valence-corrected chi connectivity index (χ1v) is 8.17. The average Bonchev–Trinajstić information content (AvgIpc) is 2.92. The summed E-state index contributed by atoms with van der Waals surface area (Å²) in [6.07, 6.45) is 4.43. The van der Waals surface area contributed by atoms with Crippen molar-refractivity contribution in [2.75, 3.05) is 6.54 Å². The topological polar surface area (TPSA) is 82.2 Å². The van der Waals surface area contributed by atoms with Gasteiger partial charge in [0.25, 0.3) is 0 Å². The molecule has 0 radical (unpaired) electrons. The van der Waals surface area contributed by atoms with Crippen molar-refractivity contribution in [2.45, 2.75) is 32.9 Å². The molecule has 3 N–H and O–H groups in total. The maximum Gasteiger partial charge on any atom is 0.222 e. The largest absolute Gasteiger partial charge is 0.491 e. The predicted molar refractivity (Wildman–Crippen MR) is 93.5 cm³/mol. The van der Waals surface area contributed by atoms with Gasteiger partial charge in [0.15, 0.2) is 0 Å². The van der Waals surface area contributed by atoms with Crippen LogP contribution in [0.4, 0.5) is 0 Å². The number of ether oxygens (including phenoxy) is 1. The fourth-order valence-corrected chi connectivity index (χ4v) is 2.48. The van der Waals surface area contributed by atoms with Gasteiger partial charge in [0.2, 0.25) is 5.91 Å². The normalized spacial score (nSPS) is 12.3. The smallest absolute Gasteiger partial charge is 0.222 e. The van der Waals surface area contributed by atoms with Crippen LogP contribution in [0.2, 0.25) is 0 Å². The molecular weight excluding hydrogens is 304 g/mol. The van der Waals surface area contributed by atoms with Gasteiger partial charge < -0.3 is 15.8 Å². The number of rotatable bonds is 9. The van der Waals surface area contributed by atoms with E-state index in [0.29, 0.717) is 19.5 Å².